The fourth-order valence-electron chi connectivity index (χ4n) is 3.67. The van der Waals surface area contributed by atoms with Crippen molar-refractivity contribution in [1.82, 2.24) is 0 Å². The van der Waals surface area contributed by atoms with Crippen LogP contribution in [0.2, 0.25) is 5.02 Å². The van der Waals surface area contributed by atoms with E-state index in [1.54, 1.807) is 0 Å². The molecular weight excluding hydrogens is 256 g/mol. The van der Waals surface area contributed by atoms with Crippen molar-refractivity contribution in [1.29, 1.82) is 0 Å². The number of hydrogen-bond acceptors (Lipinski definition) is 1. The highest BCUT2D eigenvalue weighted by Crippen LogP contribution is 2.46. The van der Waals surface area contributed by atoms with Crippen LogP contribution in [0.5, 0.6) is 0 Å². The van der Waals surface area contributed by atoms with E-state index in [-0.39, 0.29) is 11.5 Å². The van der Waals surface area contributed by atoms with Gasteiger partial charge in [-0.25, -0.2) is 0 Å². The maximum absolute atomic E-state index is 10.7. The Bertz CT molecular complexity index is 407. The predicted molar refractivity (Wildman–Crippen MR) is 81.5 cm³/mol. The number of halogens is 1. The molecule has 0 radical (unpaired) electrons. The number of rotatable bonds is 5. The first kappa shape index (κ1) is 14.9. The number of hydrogen-bond donors (Lipinski definition) is 1. The minimum absolute atomic E-state index is 0.135. The van der Waals surface area contributed by atoms with Gasteiger partial charge in [-0.15, -0.1) is 0 Å². The van der Waals surface area contributed by atoms with Crippen LogP contribution in [0, 0.1) is 11.3 Å². The summed E-state index contributed by atoms with van der Waals surface area (Å²) >= 11 is 6.03. The molecule has 1 saturated carbocycles. The zero-order valence-corrected chi connectivity index (χ0v) is 12.8. The Morgan fingerprint density at radius 1 is 1.26 bits per heavy atom. The molecule has 0 spiro atoms. The van der Waals surface area contributed by atoms with Crippen LogP contribution in [0.3, 0.4) is 0 Å². The quantitative estimate of drug-likeness (QED) is 0.817. The Morgan fingerprint density at radius 2 is 1.95 bits per heavy atom. The lowest BCUT2D eigenvalue weighted by molar-refractivity contribution is 0.0134. The number of aliphatic hydroxyl groups is 1. The van der Waals surface area contributed by atoms with Gasteiger partial charge in [0.25, 0.3) is 0 Å². The third kappa shape index (κ3) is 3.73. The van der Waals surface area contributed by atoms with Crippen molar-refractivity contribution >= 4 is 11.6 Å². The van der Waals surface area contributed by atoms with E-state index in [1.165, 1.54) is 25.7 Å². The largest absolute Gasteiger partial charge is 0.392 e. The van der Waals surface area contributed by atoms with E-state index >= 15 is 0 Å². The van der Waals surface area contributed by atoms with E-state index in [9.17, 15) is 5.11 Å². The maximum Gasteiger partial charge on any atom is 0.0636 e. The van der Waals surface area contributed by atoms with Gasteiger partial charge in [0, 0.05) is 5.02 Å². The van der Waals surface area contributed by atoms with Gasteiger partial charge in [-0.1, -0.05) is 50.4 Å². The van der Waals surface area contributed by atoms with Crippen LogP contribution in [0.4, 0.5) is 0 Å². The van der Waals surface area contributed by atoms with Gasteiger partial charge in [0.2, 0.25) is 0 Å². The predicted octanol–water partition coefficient (Wildman–Crippen LogP) is 4.85. The molecule has 1 aromatic carbocycles. The summed E-state index contributed by atoms with van der Waals surface area (Å²) in [5.41, 5.74) is 1.28. The maximum atomic E-state index is 10.7. The van der Waals surface area contributed by atoms with Crippen LogP contribution >= 0.6 is 11.6 Å². The zero-order chi connectivity index (χ0) is 13.9. The minimum Gasteiger partial charge on any atom is -0.392 e. The molecule has 1 atom stereocenters. The van der Waals surface area contributed by atoms with E-state index in [1.807, 2.05) is 18.2 Å². The van der Waals surface area contributed by atoms with Gasteiger partial charge in [0.05, 0.1) is 6.10 Å². The molecule has 1 N–H and O–H groups in total. The monoisotopic (exact) mass is 280 g/mol. The van der Waals surface area contributed by atoms with E-state index in [2.05, 4.69) is 19.9 Å². The lowest BCUT2D eigenvalue weighted by Gasteiger charge is -2.36. The summed E-state index contributed by atoms with van der Waals surface area (Å²) < 4.78 is 0. The van der Waals surface area contributed by atoms with Crippen molar-refractivity contribution in [2.75, 3.05) is 0 Å². The van der Waals surface area contributed by atoms with Gasteiger partial charge in [-0.3, -0.25) is 0 Å². The summed E-state index contributed by atoms with van der Waals surface area (Å²) in [5.74, 6) is 0.645. The van der Waals surface area contributed by atoms with E-state index < -0.39 is 0 Å². The Hall–Kier alpha value is -0.530. The van der Waals surface area contributed by atoms with Crippen LogP contribution in [-0.4, -0.2) is 11.2 Å². The molecule has 2 heteroatoms. The van der Waals surface area contributed by atoms with Gasteiger partial charge in [0.15, 0.2) is 0 Å². The second-order valence-electron chi connectivity index (χ2n) is 6.52. The second kappa shape index (κ2) is 6.28. The number of benzene rings is 1. The lowest BCUT2D eigenvalue weighted by Crippen LogP contribution is -2.35. The molecule has 1 unspecified atom stereocenters. The van der Waals surface area contributed by atoms with Crippen LogP contribution in [0.25, 0.3) is 0 Å². The lowest BCUT2D eigenvalue weighted by atomic mass is 9.72. The highest BCUT2D eigenvalue weighted by atomic mass is 35.5. The van der Waals surface area contributed by atoms with Crippen molar-refractivity contribution in [3.63, 3.8) is 0 Å². The molecule has 0 amide bonds. The third-order valence-electron chi connectivity index (χ3n) is 4.44. The zero-order valence-electron chi connectivity index (χ0n) is 12.0. The first-order valence-corrected chi connectivity index (χ1v) is 7.82. The summed E-state index contributed by atoms with van der Waals surface area (Å²) in [6.07, 6.45) is 6.50. The van der Waals surface area contributed by atoms with Gasteiger partial charge in [-0.05, 0) is 54.7 Å². The molecule has 1 nitrogen and oxygen atoms in total. The third-order valence-corrected chi connectivity index (χ3v) is 4.67. The average Bonchev–Trinajstić information content (AvgIpc) is 2.78. The minimum atomic E-state index is -0.240. The summed E-state index contributed by atoms with van der Waals surface area (Å²) in [6.45, 7) is 4.51. The SMILES string of the molecule is CC(C)CC1(C(O)Cc2cccc(Cl)c2)CCCC1. The van der Waals surface area contributed by atoms with Crippen molar-refractivity contribution in [2.45, 2.75) is 58.5 Å². The van der Waals surface area contributed by atoms with Crippen LogP contribution in [0.15, 0.2) is 24.3 Å². The van der Waals surface area contributed by atoms with Crippen LogP contribution < -0.4 is 0 Å². The van der Waals surface area contributed by atoms with Crippen LogP contribution in [-0.2, 0) is 6.42 Å². The molecule has 2 rings (SSSR count). The fraction of sp³-hybridized carbons (Fsp3) is 0.647. The fourth-order valence-corrected chi connectivity index (χ4v) is 3.88. The van der Waals surface area contributed by atoms with Gasteiger partial charge >= 0.3 is 0 Å². The molecule has 0 heterocycles. The Morgan fingerprint density at radius 3 is 2.53 bits per heavy atom. The van der Waals surface area contributed by atoms with Crippen molar-refractivity contribution in [3.05, 3.63) is 34.9 Å². The molecule has 0 aromatic heterocycles. The smallest absolute Gasteiger partial charge is 0.0636 e. The molecule has 0 bridgehead atoms. The number of aliphatic hydroxyl groups excluding tert-OH is 1. The van der Waals surface area contributed by atoms with Crippen molar-refractivity contribution in [2.24, 2.45) is 11.3 Å². The summed E-state index contributed by atoms with van der Waals surface area (Å²) in [4.78, 5) is 0. The topological polar surface area (TPSA) is 20.2 Å². The van der Waals surface area contributed by atoms with Crippen molar-refractivity contribution < 1.29 is 5.11 Å². The summed E-state index contributed by atoms with van der Waals surface area (Å²) in [5, 5.41) is 11.5. The molecule has 1 fully saturated rings. The van der Waals surface area contributed by atoms with E-state index in [0.717, 1.165) is 23.4 Å². The van der Waals surface area contributed by atoms with Crippen LogP contribution in [0.1, 0.15) is 51.5 Å². The van der Waals surface area contributed by atoms with E-state index in [4.69, 9.17) is 11.6 Å². The Balaban J connectivity index is 2.09. The molecular formula is C17H25ClO. The molecule has 0 aliphatic heterocycles. The molecule has 106 valence electrons. The molecule has 1 aromatic rings. The van der Waals surface area contributed by atoms with Gasteiger partial charge < -0.3 is 5.11 Å². The highest BCUT2D eigenvalue weighted by Gasteiger charge is 2.40. The standard InChI is InChI=1S/C17H25ClO/c1-13(2)12-17(8-3-4-9-17)16(19)11-14-6-5-7-15(18)10-14/h5-7,10,13,16,19H,3-4,8-9,11-12H2,1-2H3. The first-order valence-electron chi connectivity index (χ1n) is 7.44. The second-order valence-corrected chi connectivity index (χ2v) is 6.95. The normalized spacial score (nSPS) is 19.8. The summed E-state index contributed by atoms with van der Waals surface area (Å²) in [6, 6.07) is 7.89. The molecule has 1 aliphatic carbocycles. The van der Waals surface area contributed by atoms with E-state index in [0.29, 0.717) is 5.92 Å². The Labute approximate surface area is 122 Å². The molecule has 19 heavy (non-hydrogen) atoms. The molecule has 1 aliphatic rings. The molecule has 0 saturated heterocycles. The van der Waals surface area contributed by atoms with Gasteiger partial charge in [0.1, 0.15) is 0 Å². The van der Waals surface area contributed by atoms with Crippen molar-refractivity contribution in [3.8, 4) is 0 Å². The Kier molecular flexibility index (Phi) is 4.92. The highest BCUT2D eigenvalue weighted by molar-refractivity contribution is 6.30. The average molecular weight is 281 g/mol. The summed E-state index contributed by atoms with van der Waals surface area (Å²) in [7, 11) is 0. The first-order chi connectivity index (χ1) is 9.02. The van der Waals surface area contributed by atoms with Gasteiger partial charge in [-0.2, -0.15) is 0 Å².